The summed E-state index contributed by atoms with van der Waals surface area (Å²) in [4.78, 5) is 16.3. The average molecular weight is 272 g/mol. The van der Waals surface area contributed by atoms with Crippen molar-refractivity contribution in [2.45, 2.75) is 13.3 Å². The van der Waals surface area contributed by atoms with Crippen molar-refractivity contribution in [3.05, 3.63) is 40.5 Å². The van der Waals surface area contributed by atoms with E-state index in [1.807, 2.05) is 30.5 Å². The second kappa shape index (κ2) is 4.81. The third kappa shape index (κ3) is 2.48. The van der Waals surface area contributed by atoms with Gasteiger partial charge in [0.05, 0.1) is 34.5 Å². The number of carbonyl (C=O) groups excluding carboxylic acids is 1. The van der Waals surface area contributed by atoms with Crippen LogP contribution in [0.25, 0.3) is 10.9 Å². The molecule has 0 bridgehead atoms. The standard InChI is InChI=1S/C13H12N4OS/c1-8-15-9(7-19-8)5-13(18)16-11-3-2-4-12-10(11)6-14-17-12/h2-4,6-7H,5H2,1H3,(H,14,17)(H,16,18). The minimum atomic E-state index is -0.0704. The van der Waals surface area contributed by atoms with Crippen LogP contribution in [0.2, 0.25) is 0 Å². The quantitative estimate of drug-likeness (QED) is 0.769. The summed E-state index contributed by atoms with van der Waals surface area (Å²) in [5, 5.41) is 13.5. The highest BCUT2D eigenvalue weighted by Gasteiger charge is 2.09. The van der Waals surface area contributed by atoms with E-state index in [1.54, 1.807) is 17.5 Å². The summed E-state index contributed by atoms with van der Waals surface area (Å²) in [6.45, 7) is 1.93. The number of H-pyrrole nitrogens is 1. The van der Waals surface area contributed by atoms with Gasteiger partial charge in [-0.1, -0.05) is 6.07 Å². The fraction of sp³-hybridized carbons (Fsp3) is 0.154. The van der Waals surface area contributed by atoms with Gasteiger partial charge in [0, 0.05) is 10.8 Å². The third-order valence-corrected chi connectivity index (χ3v) is 3.59. The monoisotopic (exact) mass is 272 g/mol. The van der Waals surface area contributed by atoms with E-state index in [0.29, 0.717) is 6.42 Å². The molecule has 0 spiro atoms. The van der Waals surface area contributed by atoms with E-state index in [1.165, 1.54) is 0 Å². The Balaban J connectivity index is 1.77. The number of amides is 1. The van der Waals surface area contributed by atoms with Crippen LogP contribution in [0.1, 0.15) is 10.7 Å². The topological polar surface area (TPSA) is 70.7 Å². The number of fused-ring (bicyclic) bond motifs is 1. The number of aryl methyl sites for hydroxylation is 1. The van der Waals surface area contributed by atoms with Crippen LogP contribution in [0.5, 0.6) is 0 Å². The van der Waals surface area contributed by atoms with Crippen LogP contribution in [0.3, 0.4) is 0 Å². The molecule has 0 fully saturated rings. The number of aromatic amines is 1. The largest absolute Gasteiger partial charge is 0.325 e. The molecule has 0 aliphatic rings. The van der Waals surface area contributed by atoms with Gasteiger partial charge in [0.2, 0.25) is 5.91 Å². The van der Waals surface area contributed by atoms with Crippen molar-refractivity contribution < 1.29 is 4.79 Å². The molecule has 6 heteroatoms. The SMILES string of the molecule is Cc1nc(CC(=O)Nc2cccc3[nH]ncc23)cs1. The molecule has 2 heterocycles. The number of nitrogens with one attached hydrogen (secondary N) is 2. The first kappa shape index (κ1) is 11.9. The summed E-state index contributed by atoms with van der Waals surface area (Å²) in [6, 6.07) is 5.66. The maximum atomic E-state index is 12.0. The summed E-state index contributed by atoms with van der Waals surface area (Å²) in [5.74, 6) is -0.0704. The van der Waals surface area contributed by atoms with Crippen LogP contribution in [0.15, 0.2) is 29.8 Å². The molecular formula is C13H12N4OS. The number of aromatic nitrogens is 3. The zero-order valence-corrected chi connectivity index (χ0v) is 11.1. The first-order chi connectivity index (χ1) is 9.22. The lowest BCUT2D eigenvalue weighted by atomic mass is 10.2. The molecule has 0 saturated heterocycles. The lowest BCUT2D eigenvalue weighted by Crippen LogP contribution is -2.14. The summed E-state index contributed by atoms with van der Waals surface area (Å²) in [5.41, 5.74) is 2.48. The van der Waals surface area contributed by atoms with Crippen LogP contribution >= 0.6 is 11.3 Å². The summed E-state index contributed by atoms with van der Waals surface area (Å²) < 4.78 is 0. The highest BCUT2D eigenvalue weighted by atomic mass is 32.1. The van der Waals surface area contributed by atoms with Crippen LogP contribution in [-0.4, -0.2) is 21.1 Å². The van der Waals surface area contributed by atoms with Crippen molar-refractivity contribution in [3.63, 3.8) is 0 Å². The van der Waals surface area contributed by atoms with Gasteiger partial charge < -0.3 is 5.32 Å². The molecular weight excluding hydrogens is 260 g/mol. The molecule has 19 heavy (non-hydrogen) atoms. The van der Waals surface area contributed by atoms with E-state index in [2.05, 4.69) is 20.5 Å². The van der Waals surface area contributed by atoms with Crippen molar-refractivity contribution in [3.8, 4) is 0 Å². The lowest BCUT2D eigenvalue weighted by molar-refractivity contribution is -0.115. The Morgan fingerprint density at radius 1 is 1.47 bits per heavy atom. The van der Waals surface area contributed by atoms with Crippen molar-refractivity contribution in [2.75, 3.05) is 5.32 Å². The van der Waals surface area contributed by atoms with Gasteiger partial charge in [-0.2, -0.15) is 5.10 Å². The molecule has 2 N–H and O–H groups in total. The molecule has 0 aliphatic heterocycles. The van der Waals surface area contributed by atoms with E-state index in [0.717, 1.165) is 27.3 Å². The number of anilines is 1. The molecule has 3 aromatic rings. The summed E-state index contributed by atoms with van der Waals surface area (Å²) in [7, 11) is 0. The fourth-order valence-corrected chi connectivity index (χ4v) is 2.54. The normalized spacial score (nSPS) is 10.8. The molecule has 96 valence electrons. The molecule has 0 unspecified atom stereocenters. The van der Waals surface area contributed by atoms with Gasteiger partial charge >= 0.3 is 0 Å². The number of hydrogen-bond donors (Lipinski definition) is 2. The van der Waals surface area contributed by atoms with E-state index in [-0.39, 0.29) is 5.91 Å². The Labute approximate surface area is 113 Å². The van der Waals surface area contributed by atoms with Gasteiger partial charge in [-0.15, -0.1) is 11.3 Å². The van der Waals surface area contributed by atoms with Crippen molar-refractivity contribution in [1.82, 2.24) is 15.2 Å². The van der Waals surface area contributed by atoms with Gasteiger partial charge in [-0.25, -0.2) is 4.98 Å². The van der Waals surface area contributed by atoms with E-state index in [9.17, 15) is 4.79 Å². The second-order valence-electron chi connectivity index (χ2n) is 4.22. The van der Waals surface area contributed by atoms with Crippen molar-refractivity contribution >= 4 is 33.8 Å². The number of rotatable bonds is 3. The number of nitrogens with zero attached hydrogens (tertiary/aromatic N) is 2. The molecule has 0 atom stereocenters. The molecule has 0 radical (unpaired) electrons. The third-order valence-electron chi connectivity index (χ3n) is 2.77. The van der Waals surface area contributed by atoms with Crippen LogP contribution in [-0.2, 0) is 11.2 Å². The van der Waals surface area contributed by atoms with Crippen LogP contribution in [0, 0.1) is 6.92 Å². The van der Waals surface area contributed by atoms with Gasteiger partial charge in [0.25, 0.3) is 0 Å². The molecule has 1 amide bonds. The van der Waals surface area contributed by atoms with Crippen molar-refractivity contribution in [1.29, 1.82) is 0 Å². The first-order valence-electron chi connectivity index (χ1n) is 5.85. The van der Waals surface area contributed by atoms with E-state index < -0.39 is 0 Å². The highest BCUT2D eigenvalue weighted by Crippen LogP contribution is 2.21. The highest BCUT2D eigenvalue weighted by molar-refractivity contribution is 7.09. The van der Waals surface area contributed by atoms with Crippen LogP contribution in [0.4, 0.5) is 5.69 Å². The summed E-state index contributed by atoms with van der Waals surface area (Å²) in [6.07, 6.45) is 2.00. The Bertz CT molecular complexity index is 731. The fourth-order valence-electron chi connectivity index (χ4n) is 1.93. The predicted octanol–water partition coefficient (Wildman–Crippen LogP) is 2.51. The molecule has 1 aromatic carbocycles. The zero-order chi connectivity index (χ0) is 13.2. The Hall–Kier alpha value is -2.21. The minimum absolute atomic E-state index is 0.0704. The Morgan fingerprint density at radius 3 is 3.16 bits per heavy atom. The minimum Gasteiger partial charge on any atom is -0.325 e. The van der Waals surface area contributed by atoms with Gasteiger partial charge in [-0.3, -0.25) is 9.89 Å². The smallest absolute Gasteiger partial charge is 0.230 e. The van der Waals surface area contributed by atoms with Crippen LogP contribution < -0.4 is 5.32 Å². The maximum Gasteiger partial charge on any atom is 0.230 e. The molecule has 0 saturated carbocycles. The van der Waals surface area contributed by atoms with Gasteiger partial charge in [0.15, 0.2) is 0 Å². The first-order valence-corrected chi connectivity index (χ1v) is 6.73. The zero-order valence-electron chi connectivity index (χ0n) is 10.3. The van der Waals surface area contributed by atoms with E-state index >= 15 is 0 Å². The number of benzene rings is 1. The average Bonchev–Trinajstić information content (AvgIpc) is 2.98. The van der Waals surface area contributed by atoms with Gasteiger partial charge in [-0.05, 0) is 19.1 Å². The molecule has 3 rings (SSSR count). The lowest BCUT2D eigenvalue weighted by Gasteiger charge is -2.05. The number of hydrogen-bond acceptors (Lipinski definition) is 4. The Kier molecular flexibility index (Phi) is 3.00. The maximum absolute atomic E-state index is 12.0. The van der Waals surface area contributed by atoms with Crippen molar-refractivity contribution in [2.24, 2.45) is 0 Å². The molecule has 0 aliphatic carbocycles. The Morgan fingerprint density at radius 2 is 2.37 bits per heavy atom. The summed E-state index contributed by atoms with van der Waals surface area (Å²) >= 11 is 1.55. The molecule has 5 nitrogen and oxygen atoms in total. The second-order valence-corrected chi connectivity index (χ2v) is 5.28. The molecule has 2 aromatic heterocycles. The predicted molar refractivity (Wildman–Crippen MR) is 75.3 cm³/mol. The van der Waals surface area contributed by atoms with Gasteiger partial charge in [0.1, 0.15) is 0 Å². The van der Waals surface area contributed by atoms with E-state index in [4.69, 9.17) is 0 Å². The number of thiazole rings is 1. The number of carbonyl (C=O) groups is 1.